The van der Waals surface area contributed by atoms with Crippen LogP contribution in [0.1, 0.15) is 43.6 Å². The number of aliphatic carboxylic acids is 1. The van der Waals surface area contributed by atoms with E-state index < -0.39 is 17.9 Å². The van der Waals surface area contributed by atoms with Crippen molar-refractivity contribution in [3.05, 3.63) is 65.4 Å². The van der Waals surface area contributed by atoms with Gasteiger partial charge in [0.25, 0.3) is 0 Å². The van der Waals surface area contributed by atoms with Gasteiger partial charge in [0, 0.05) is 11.8 Å². The Morgan fingerprint density at radius 2 is 1.97 bits per heavy atom. The molecule has 154 valence electrons. The van der Waals surface area contributed by atoms with Gasteiger partial charge in [0.15, 0.2) is 17.6 Å². The van der Waals surface area contributed by atoms with Crippen molar-refractivity contribution in [3.63, 3.8) is 0 Å². The Hall–Kier alpha value is -3.03. The Bertz CT molecular complexity index is 912. The molecule has 7 nitrogen and oxygen atoms in total. The molecular weight excluding hydrogens is 372 g/mol. The van der Waals surface area contributed by atoms with Crippen LogP contribution in [0.15, 0.2) is 48.7 Å². The van der Waals surface area contributed by atoms with Crippen LogP contribution in [0, 0.1) is 0 Å². The van der Waals surface area contributed by atoms with Crippen LogP contribution in [0.25, 0.3) is 6.08 Å². The molecule has 1 aliphatic heterocycles. The Morgan fingerprint density at radius 1 is 1.21 bits per heavy atom. The second-order valence-electron chi connectivity index (χ2n) is 6.94. The van der Waals surface area contributed by atoms with E-state index in [4.69, 9.17) is 19.9 Å². The minimum absolute atomic E-state index is 0.0476. The maximum absolute atomic E-state index is 12.1. The van der Waals surface area contributed by atoms with Crippen molar-refractivity contribution < 1.29 is 24.1 Å². The Labute approximate surface area is 170 Å². The summed E-state index contributed by atoms with van der Waals surface area (Å²) in [6.45, 7) is 6.08. The van der Waals surface area contributed by atoms with E-state index in [0.717, 1.165) is 5.56 Å². The van der Waals surface area contributed by atoms with E-state index in [-0.39, 0.29) is 6.10 Å². The summed E-state index contributed by atoms with van der Waals surface area (Å²) in [6.07, 6.45) is 2.13. The summed E-state index contributed by atoms with van der Waals surface area (Å²) < 4.78 is 17.3. The highest BCUT2D eigenvalue weighted by Crippen LogP contribution is 2.36. The number of ether oxygens (including phenoxy) is 3. The van der Waals surface area contributed by atoms with Crippen LogP contribution in [-0.2, 0) is 15.4 Å². The minimum atomic E-state index is -1.49. The van der Waals surface area contributed by atoms with Crippen molar-refractivity contribution in [1.29, 1.82) is 0 Å². The van der Waals surface area contributed by atoms with E-state index in [1.807, 2.05) is 45.0 Å². The second kappa shape index (κ2) is 8.55. The summed E-state index contributed by atoms with van der Waals surface area (Å²) in [5.74, 6) is -1.66. The minimum Gasteiger partial charge on any atom is -0.490 e. The van der Waals surface area contributed by atoms with Crippen molar-refractivity contribution in [2.45, 2.75) is 38.8 Å². The lowest BCUT2D eigenvalue weighted by molar-refractivity contribution is -0.171. The molecule has 0 aliphatic carbocycles. The zero-order valence-electron chi connectivity index (χ0n) is 16.7. The topological polar surface area (TPSA) is 103 Å². The first-order valence-electron chi connectivity index (χ1n) is 9.50. The van der Waals surface area contributed by atoms with Gasteiger partial charge in [-0.05, 0) is 50.1 Å². The average molecular weight is 398 g/mol. The molecule has 2 atom stereocenters. The lowest BCUT2D eigenvalue weighted by atomic mass is 9.99. The van der Waals surface area contributed by atoms with Crippen LogP contribution in [0.5, 0.6) is 11.5 Å². The maximum atomic E-state index is 12.1. The van der Waals surface area contributed by atoms with E-state index in [2.05, 4.69) is 5.32 Å². The predicted molar refractivity (Wildman–Crippen MR) is 109 cm³/mol. The van der Waals surface area contributed by atoms with E-state index in [1.54, 1.807) is 30.5 Å². The fraction of sp³-hybridized carbons (Fsp3) is 0.318. The molecule has 0 amide bonds. The number of hydrogen-bond acceptors (Lipinski definition) is 6. The highest BCUT2D eigenvalue weighted by atomic mass is 16.6. The van der Waals surface area contributed by atoms with Crippen molar-refractivity contribution in [2.75, 3.05) is 6.61 Å². The molecule has 7 heteroatoms. The molecule has 29 heavy (non-hydrogen) atoms. The first-order chi connectivity index (χ1) is 13.8. The van der Waals surface area contributed by atoms with Gasteiger partial charge in [-0.3, -0.25) is 5.73 Å². The third kappa shape index (κ3) is 4.52. The monoisotopic (exact) mass is 398 g/mol. The molecule has 4 N–H and O–H groups in total. The fourth-order valence-electron chi connectivity index (χ4n) is 3.17. The molecule has 1 aliphatic rings. The number of rotatable bonds is 8. The van der Waals surface area contributed by atoms with Gasteiger partial charge in [-0.25, -0.2) is 4.79 Å². The molecule has 1 heterocycles. The highest BCUT2D eigenvalue weighted by molar-refractivity contribution is 5.75. The molecule has 2 unspecified atom stereocenters. The molecule has 3 rings (SSSR count). The summed E-state index contributed by atoms with van der Waals surface area (Å²) in [5, 5.41) is 12.8. The predicted octanol–water partition coefficient (Wildman–Crippen LogP) is 3.36. The lowest BCUT2D eigenvalue weighted by Gasteiger charge is -2.36. The Balaban J connectivity index is 1.96. The van der Waals surface area contributed by atoms with Crippen molar-refractivity contribution in [2.24, 2.45) is 5.73 Å². The number of hydrogen-bond donors (Lipinski definition) is 3. The van der Waals surface area contributed by atoms with E-state index in [0.29, 0.717) is 29.2 Å². The normalized spacial score (nSPS) is 18.7. The first kappa shape index (κ1) is 20.7. The van der Waals surface area contributed by atoms with Gasteiger partial charge < -0.3 is 24.6 Å². The van der Waals surface area contributed by atoms with Crippen LogP contribution in [-0.4, -0.2) is 23.8 Å². The van der Waals surface area contributed by atoms with Crippen molar-refractivity contribution >= 4 is 12.0 Å². The molecule has 0 radical (unpaired) electrons. The van der Waals surface area contributed by atoms with Crippen LogP contribution in [0.4, 0.5) is 0 Å². The number of nitrogens with two attached hydrogens (primary N) is 1. The van der Waals surface area contributed by atoms with Crippen LogP contribution in [0.2, 0.25) is 0 Å². The zero-order chi connectivity index (χ0) is 21.0. The van der Waals surface area contributed by atoms with Crippen LogP contribution in [0.3, 0.4) is 0 Å². The first-order valence-corrected chi connectivity index (χ1v) is 9.50. The molecule has 0 saturated carbocycles. The average Bonchev–Trinajstić information content (AvgIpc) is 2.68. The number of benzene rings is 2. The molecule has 0 saturated heterocycles. The van der Waals surface area contributed by atoms with Gasteiger partial charge in [-0.2, -0.15) is 0 Å². The second-order valence-corrected chi connectivity index (χ2v) is 6.94. The molecule has 0 spiro atoms. The smallest absolute Gasteiger partial charge is 0.337 e. The van der Waals surface area contributed by atoms with Gasteiger partial charge in [0.05, 0.1) is 12.7 Å². The lowest BCUT2D eigenvalue weighted by Crippen LogP contribution is -2.53. The van der Waals surface area contributed by atoms with Crippen molar-refractivity contribution in [1.82, 2.24) is 5.32 Å². The van der Waals surface area contributed by atoms with Gasteiger partial charge >= 0.3 is 5.97 Å². The Kier molecular flexibility index (Phi) is 6.10. The Morgan fingerprint density at radius 3 is 2.66 bits per heavy atom. The van der Waals surface area contributed by atoms with E-state index >= 15 is 0 Å². The number of carboxylic acid groups (broad SMARTS) is 1. The molecule has 2 aromatic rings. The summed E-state index contributed by atoms with van der Waals surface area (Å²) in [6, 6.07) is 12.3. The number of carbonyl (C=O) groups is 1. The van der Waals surface area contributed by atoms with Gasteiger partial charge in [-0.1, -0.05) is 30.3 Å². The van der Waals surface area contributed by atoms with Crippen LogP contribution < -0.4 is 20.5 Å². The molecule has 0 bridgehead atoms. The summed E-state index contributed by atoms with van der Waals surface area (Å²) in [4.78, 5) is 12.1. The van der Waals surface area contributed by atoms with Crippen molar-refractivity contribution in [3.8, 4) is 11.5 Å². The third-order valence-corrected chi connectivity index (χ3v) is 4.38. The number of fused-ring (bicyclic) bond motifs is 1. The summed E-state index contributed by atoms with van der Waals surface area (Å²) in [7, 11) is 0. The maximum Gasteiger partial charge on any atom is 0.337 e. The van der Waals surface area contributed by atoms with Gasteiger partial charge in [0.1, 0.15) is 0 Å². The molecule has 0 fully saturated rings. The quantitative estimate of drug-likeness (QED) is 0.586. The molecule has 0 aromatic heterocycles. The SMILES string of the molecule is CCOc1cc(C(OC2(N)NC=Cc3ccccc32)C(=O)O)ccc1OC(C)C. The zero-order valence-corrected chi connectivity index (χ0v) is 16.7. The summed E-state index contributed by atoms with van der Waals surface area (Å²) in [5.41, 5.74) is 8.34. The van der Waals surface area contributed by atoms with E-state index in [1.165, 1.54) is 0 Å². The fourth-order valence-corrected chi connectivity index (χ4v) is 3.17. The molecular formula is C22H26N2O5. The third-order valence-electron chi connectivity index (χ3n) is 4.38. The van der Waals surface area contributed by atoms with Gasteiger partial charge in [0.2, 0.25) is 5.85 Å². The largest absolute Gasteiger partial charge is 0.490 e. The van der Waals surface area contributed by atoms with E-state index in [9.17, 15) is 9.90 Å². The number of carboxylic acids is 1. The van der Waals surface area contributed by atoms with Gasteiger partial charge in [-0.15, -0.1) is 0 Å². The number of nitrogens with one attached hydrogen (secondary N) is 1. The summed E-state index contributed by atoms with van der Waals surface area (Å²) >= 11 is 0. The van der Waals surface area contributed by atoms with Crippen LogP contribution >= 0.6 is 0 Å². The molecule has 2 aromatic carbocycles. The highest BCUT2D eigenvalue weighted by Gasteiger charge is 2.37. The standard InChI is InChI=1S/C22H26N2O5/c1-4-27-19-13-16(9-10-18(19)28-14(2)3)20(21(25)26)29-22(23)17-8-6-5-7-15(17)11-12-24-22/h5-14,20,24H,4,23H2,1-3H3,(H,25,26).